The van der Waals surface area contributed by atoms with Crippen molar-refractivity contribution in [1.29, 1.82) is 0 Å². The van der Waals surface area contributed by atoms with Crippen LogP contribution < -0.4 is 9.64 Å². The Morgan fingerprint density at radius 2 is 1.85 bits per heavy atom. The Hall–Kier alpha value is -3.87. The van der Waals surface area contributed by atoms with Crippen molar-refractivity contribution in [2.75, 3.05) is 31.6 Å². The van der Waals surface area contributed by atoms with Gasteiger partial charge in [-0.05, 0) is 24.3 Å². The van der Waals surface area contributed by atoms with Gasteiger partial charge in [-0.15, -0.1) is 13.2 Å². The highest BCUT2D eigenvalue weighted by molar-refractivity contribution is 5.98. The minimum absolute atomic E-state index is 0.00868. The molecule has 0 spiro atoms. The topological polar surface area (TPSA) is 67.7 Å². The molecule has 7 nitrogen and oxygen atoms in total. The van der Waals surface area contributed by atoms with Crippen LogP contribution in [0, 0.1) is 0 Å². The summed E-state index contributed by atoms with van der Waals surface area (Å²) in [5.74, 6) is 1.21. The molecule has 33 heavy (non-hydrogen) atoms. The third-order valence-corrected chi connectivity index (χ3v) is 5.90. The monoisotopic (exact) mass is 444 g/mol. The maximum absolute atomic E-state index is 13.1. The molecule has 0 bridgehead atoms. The largest absolute Gasteiger partial charge is 0.495 e. The first kappa shape index (κ1) is 22.3. The molecule has 1 aliphatic rings. The molecule has 2 amide bonds. The van der Waals surface area contributed by atoms with Crippen LogP contribution in [-0.4, -0.2) is 53.0 Å². The van der Waals surface area contributed by atoms with Gasteiger partial charge in [0.05, 0.1) is 23.8 Å². The van der Waals surface area contributed by atoms with Crippen molar-refractivity contribution in [2.24, 2.45) is 0 Å². The summed E-state index contributed by atoms with van der Waals surface area (Å²) in [6.45, 7) is 8.99. The standard InChI is InChI=1S/C26H28N4O3/c1-4-14-28(15-5-2)25(32)18-30-21-11-7-6-10-20(21)27-26(30)19-16-24(31)29(17-19)22-12-8-9-13-23(22)33-3/h4-13,19H,1-2,14-18H2,3H3/t19-/m1/s1. The fourth-order valence-electron chi connectivity index (χ4n) is 4.36. The van der Waals surface area contributed by atoms with E-state index in [1.54, 1.807) is 29.1 Å². The smallest absolute Gasteiger partial charge is 0.243 e. The quantitative estimate of drug-likeness (QED) is 0.471. The molecule has 7 heteroatoms. The zero-order valence-corrected chi connectivity index (χ0v) is 18.8. The number of para-hydroxylation sites is 4. The molecule has 0 unspecified atom stereocenters. The van der Waals surface area contributed by atoms with Crippen LogP contribution >= 0.6 is 0 Å². The van der Waals surface area contributed by atoms with E-state index in [9.17, 15) is 9.59 Å². The van der Waals surface area contributed by atoms with Gasteiger partial charge in [-0.1, -0.05) is 36.4 Å². The number of imidazole rings is 1. The van der Waals surface area contributed by atoms with Crippen LogP contribution in [0.15, 0.2) is 73.8 Å². The molecule has 1 saturated heterocycles. The molecule has 170 valence electrons. The average molecular weight is 445 g/mol. The molecule has 0 N–H and O–H groups in total. The lowest BCUT2D eigenvalue weighted by Gasteiger charge is -2.22. The molecule has 1 aromatic heterocycles. The average Bonchev–Trinajstić information content (AvgIpc) is 3.39. The summed E-state index contributed by atoms with van der Waals surface area (Å²) in [5.41, 5.74) is 2.43. The fraction of sp³-hybridized carbons (Fsp3) is 0.269. The van der Waals surface area contributed by atoms with Crippen LogP contribution in [0.2, 0.25) is 0 Å². The minimum atomic E-state index is -0.144. The number of nitrogens with zero attached hydrogens (tertiary/aromatic N) is 4. The van der Waals surface area contributed by atoms with Gasteiger partial charge in [-0.25, -0.2) is 4.98 Å². The number of benzene rings is 2. The molecular formula is C26H28N4O3. The lowest BCUT2D eigenvalue weighted by atomic mass is 10.1. The Kier molecular flexibility index (Phi) is 6.58. The van der Waals surface area contributed by atoms with Crippen molar-refractivity contribution >= 4 is 28.5 Å². The number of rotatable bonds is 9. The summed E-state index contributed by atoms with van der Waals surface area (Å²) in [6.07, 6.45) is 3.72. The van der Waals surface area contributed by atoms with Crippen molar-refractivity contribution in [3.8, 4) is 5.75 Å². The van der Waals surface area contributed by atoms with Crippen LogP contribution in [-0.2, 0) is 16.1 Å². The predicted molar refractivity (Wildman–Crippen MR) is 129 cm³/mol. The number of methoxy groups -OCH3 is 1. The Morgan fingerprint density at radius 1 is 1.15 bits per heavy atom. The van der Waals surface area contributed by atoms with Crippen molar-refractivity contribution in [3.05, 3.63) is 79.7 Å². The third-order valence-electron chi connectivity index (χ3n) is 5.90. The van der Waals surface area contributed by atoms with Crippen LogP contribution in [0.25, 0.3) is 11.0 Å². The van der Waals surface area contributed by atoms with E-state index in [1.165, 1.54) is 0 Å². The number of ether oxygens (including phenoxy) is 1. The number of hydrogen-bond acceptors (Lipinski definition) is 4. The summed E-state index contributed by atoms with van der Waals surface area (Å²) in [6, 6.07) is 15.2. The number of fused-ring (bicyclic) bond motifs is 1. The third kappa shape index (κ3) is 4.39. The first-order chi connectivity index (χ1) is 16.1. The zero-order valence-electron chi connectivity index (χ0n) is 18.8. The maximum atomic E-state index is 13.1. The van der Waals surface area contributed by atoms with Gasteiger partial charge in [0.2, 0.25) is 11.8 Å². The summed E-state index contributed by atoms with van der Waals surface area (Å²) in [5, 5.41) is 0. The van der Waals surface area contributed by atoms with Crippen LogP contribution in [0.5, 0.6) is 5.75 Å². The van der Waals surface area contributed by atoms with Gasteiger partial charge in [0, 0.05) is 32.0 Å². The SMILES string of the molecule is C=CCN(CC=C)C(=O)Cn1c([C@@H]2CC(=O)N(c3ccccc3OC)C2)nc2ccccc21. The summed E-state index contributed by atoms with van der Waals surface area (Å²) >= 11 is 0. The van der Waals surface area contributed by atoms with Crippen molar-refractivity contribution < 1.29 is 14.3 Å². The van der Waals surface area contributed by atoms with Crippen molar-refractivity contribution in [1.82, 2.24) is 14.5 Å². The molecular weight excluding hydrogens is 416 g/mol. The molecule has 1 aliphatic heterocycles. The van der Waals surface area contributed by atoms with Gasteiger partial charge in [-0.3, -0.25) is 9.59 Å². The van der Waals surface area contributed by atoms with Gasteiger partial charge >= 0.3 is 0 Å². The molecule has 2 aromatic carbocycles. The van der Waals surface area contributed by atoms with Gasteiger partial charge in [0.1, 0.15) is 18.1 Å². The second-order valence-corrected chi connectivity index (χ2v) is 8.00. The van der Waals surface area contributed by atoms with E-state index >= 15 is 0 Å². The van der Waals surface area contributed by atoms with E-state index in [0.717, 1.165) is 22.5 Å². The second kappa shape index (κ2) is 9.73. The number of hydrogen-bond donors (Lipinski definition) is 0. The normalized spacial score (nSPS) is 15.6. The van der Waals surface area contributed by atoms with E-state index < -0.39 is 0 Å². The molecule has 1 atom stereocenters. The Morgan fingerprint density at radius 3 is 2.58 bits per heavy atom. The summed E-state index contributed by atoms with van der Waals surface area (Å²) in [4.78, 5) is 34.4. The van der Waals surface area contributed by atoms with Crippen LogP contribution in [0.1, 0.15) is 18.2 Å². The molecule has 1 fully saturated rings. The van der Waals surface area contributed by atoms with Gasteiger partial charge in [0.25, 0.3) is 0 Å². The van der Waals surface area contributed by atoms with E-state index in [2.05, 4.69) is 13.2 Å². The number of carbonyl (C=O) groups excluding carboxylic acids is 2. The molecule has 0 radical (unpaired) electrons. The van der Waals surface area contributed by atoms with Crippen LogP contribution in [0.4, 0.5) is 5.69 Å². The van der Waals surface area contributed by atoms with Gasteiger partial charge in [-0.2, -0.15) is 0 Å². The fourth-order valence-corrected chi connectivity index (χ4v) is 4.36. The lowest BCUT2D eigenvalue weighted by Crippen LogP contribution is -2.34. The second-order valence-electron chi connectivity index (χ2n) is 8.00. The molecule has 2 heterocycles. The molecule has 4 rings (SSSR count). The Labute approximate surface area is 193 Å². The number of anilines is 1. The number of amides is 2. The zero-order chi connectivity index (χ0) is 23.4. The predicted octanol–water partition coefficient (Wildman–Crippen LogP) is 3.77. The first-order valence-electron chi connectivity index (χ1n) is 11.0. The Bertz CT molecular complexity index is 1190. The molecule has 3 aromatic rings. The number of carbonyl (C=O) groups is 2. The first-order valence-corrected chi connectivity index (χ1v) is 11.0. The highest BCUT2D eigenvalue weighted by atomic mass is 16.5. The van der Waals surface area contributed by atoms with Crippen molar-refractivity contribution in [2.45, 2.75) is 18.9 Å². The highest BCUT2D eigenvalue weighted by Gasteiger charge is 2.36. The molecule has 0 aliphatic carbocycles. The van der Waals surface area contributed by atoms with Crippen LogP contribution in [0.3, 0.4) is 0 Å². The van der Waals surface area contributed by atoms with E-state index in [4.69, 9.17) is 9.72 Å². The molecule has 0 saturated carbocycles. The Balaban J connectivity index is 1.68. The van der Waals surface area contributed by atoms with Gasteiger partial charge in [0.15, 0.2) is 0 Å². The highest BCUT2D eigenvalue weighted by Crippen LogP contribution is 2.37. The summed E-state index contributed by atoms with van der Waals surface area (Å²) in [7, 11) is 1.60. The lowest BCUT2D eigenvalue weighted by molar-refractivity contribution is -0.130. The van der Waals surface area contributed by atoms with Gasteiger partial charge < -0.3 is 19.1 Å². The summed E-state index contributed by atoms with van der Waals surface area (Å²) < 4.78 is 7.41. The van der Waals surface area contributed by atoms with E-state index in [-0.39, 0.29) is 24.3 Å². The van der Waals surface area contributed by atoms with E-state index in [1.807, 2.05) is 53.1 Å². The number of aromatic nitrogens is 2. The minimum Gasteiger partial charge on any atom is -0.495 e. The maximum Gasteiger partial charge on any atom is 0.243 e. The van der Waals surface area contributed by atoms with E-state index in [0.29, 0.717) is 31.8 Å². The van der Waals surface area contributed by atoms with Crippen molar-refractivity contribution in [3.63, 3.8) is 0 Å².